The second-order valence-corrected chi connectivity index (χ2v) is 6.72. The molecule has 22 heavy (non-hydrogen) atoms. The van der Waals surface area contributed by atoms with E-state index >= 15 is 0 Å². The second-order valence-electron chi connectivity index (χ2n) is 5.64. The highest BCUT2D eigenvalue weighted by atomic mass is 32.1. The van der Waals surface area contributed by atoms with Gasteiger partial charge >= 0.3 is 0 Å². The van der Waals surface area contributed by atoms with Crippen LogP contribution in [-0.2, 0) is 6.42 Å². The Morgan fingerprint density at radius 1 is 1.41 bits per heavy atom. The molecule has 2 aromatic rings. The number of aromatic nitrogens is 3. The van der Waals surface area contributed by atoms with Crippen LogP contribution in [0.2, 0.25) is 0 Å². The summed E-state index contributed by atoms with van der Waals surface area (Å²) in [5, 5.41) is 5.02. The van der Waals surface area contributed by atoms with E-state index in [-0.39, 0.29) is 11.8 Å². The van der Waals surface area contributed by atoms with Crippen LogP contribution in [0, 0.1) is 13.8 Å². The molecule has 0 aliphatic carbocycles. The number of likely N-dealkylation sites (tertiary alicyclic amines) is 1. The van der Waals surface area contributed by atoms with Crippen molar-refractivity contribution < 1.29 is 9.32 Å². The van der Waals surface area contributed by atoms with Gasteiger partial charge in [0, 0.05) is 25.9 Å². The van der Waals surface area contributed by atoms with Crippen molar-refractivity contribution in [2.75, 3.05) is 13.1 Å². The van der Waals surface area contributed by atoms with Gasteiger partial charge < -0.3 is 9.42 Å². The zero-order valence-electron chi connectivity index (χ0n) is 13.1. The first kappa shape index (κ1) is 15.1. The van der Waals surface area contributed by atoms with E-state index in [1.165, 1.54) is 11.3 Å². The molecule has 0 aromatic carbocycles. The minimum atomic E-state index is 0.0830. The van der Waals surface area contributed by atoms with Crippen LogP contribution in [-0.4, -0.2) is 39.0 Å². The van der Waals surface area contributed by atoms with Gasteiger partial charge in [0.1, 0.15) is 4.88 Å². The molecule has 1 saturated heterocycles. The molecule has 1 amide bonds. The van der Waals surface area contributed by atoms with E-state index in [1.807, 2.05) is 11.8 Å². The van der Waals surface area contributed by atoms with Crippen LogP contribution in [0.5, 0.6) is 0 Å². The van der Waals surface area contributed by atoms with Crippen molar-refractivity contribution in [2.24, 2.45) is 0 Å². The van der Waals surface area contributed by atoms with Gasteiger partial charge in [0.15, 0.2) is 5.82 Å². The van der Waals surface area contributed by atoms with Gasteiger partial charge in [-0.2, -0.15) is 4.98 Å². The predicted molar refractivity (Wildman–Crippen MR) is 83.1 cm³/mol. The predicted octanol–water partition coefficient (Wildman–Crippen LogP) is 2.73. The minimum absolute atomic E-state index is 0.0830. The zero-order chi connectivity index (χ0) is 15.7. The summed E-state index contributed by atoms with van der Waals surface area (Å²) in [6.45, 7) is 7.19. The Kier molecular flexibility index (Phi) is 4.24. The Balaban J connectivity index is 1.76. The van der Waals surface area contributed by atoms with E-state index in [0.717, 1.165) is 41.4 Å². The lowest BCUT2D eigenvalue weighted by Gasteiger charge is -2.31. The van der Waals surface area contributed by atoms with Crippen LogP contribution in [0.15, 0.2) is 4.52 Å². The molecule has 1 aliphatic heterocycles. The highest BCUT2D eigenvalue weighted by Gasteiger charge is 2.29. The summed E-state index contributed by atoms with van der Waals surface area (Å²) in [7, 11) is 0. The SMILES string of the molecule is CCc1nc(C)c(C(=O)N2CCC[C@H](c3noc(C)n3)C2)s1. The average molecular weight is 320 g/mol. The molecule has 0 spiro atoms. The Morgan fingerprint density at radius 3 is 2.86 bits per heavy atom. The number of hydrogen-bond acceptors (Lipinski definition) is 6. The van der Waals surface area contributed by atoms with Gasteiger partial charge in [-0.1, -0.05) is 12.1 Å². The van der Waals surface area contributed by atoms with Gasteiger partial charge in [0.2, 0.25) is 5.89 Å². The molecule has 3 rings (SSSR count). The molecule has 118 valence electrons. The molecule has 3 heterocycles. The smallest absolute Gasteiger partial charge is 0.265 e. The maximum Gasteiger partial charge on any atom is 0.265 e. The van der Waals surface area contributed by atoms with Crippen LogP contribution < -0.4 is 0 Å². The van der Waals surface area contributed by atoms with Gasteiger partial charge in [-0.3, -0.25) is 4.79 Å². The van der Waals surface area contributed by atoms with Crippen LogP contribution in [0.1, 0.15) is 57.8 Å². The normalized spacial score (nSPS) is 18.7. The van der Waals surface area contributed by atoms with Gasteiger partial charge in [0.05, 0.1) is 10.7 Å². The van der Waals surface area contributed by atoms with Crippen molar-refractivity contribution in [3.8, 4) is 0 Å². The molecule has 2 aromatic heterocycles. The summed E-state index contributed by atoms with van der Waals surface area (Å²) in [6, 6.07) is 0. The molecule has 6 nitrogen and oxygen atoms in total. The monoisotopic (exact) mass is 320 g/mol. The van der Waals surface area contributed by atoms with E-state index < -0.39 is 0 Å². The molecule has 0 N–H and O–H groups in total. The molecule has 0 bridgehead atoms. The van der Waals surface area contributed by atoms with Crippen molar-refractivity contribution in [1.82, 2.24) is 20.0 Å². The third kappa shape index (κ3) is 2.90. The number of aryl methyl sites for hydroxylation is 3. The summed E-state index contributed by atoms with van der Waals surface area (Å²) in [5.41, 5.74) is 0.837. The molecule has 7 heteroatoms. The van der Waals surface area contributed by atoms with E-state index in [1.54, 1.807) is 6.92 Å². The van der Waals surface area contributed by atoms with Crippen molar-refractivity contribution in [3.05, 3.63) is 27.3 Å². The van der Waals surface area contributed by atoms with Crippen LogP contribution in [0.25, 0.3) is 0 Å². The first-order valence-corrected chi connectivity index (χ1v) is 8.46. The standard InChI is InChI=1S/C15H20N4O2S/c1-4-12-16-9(2)13(22-12)15(20)19-7-5-6-11(8-19)14-17-10(3)21-18-14/h11H,4-8H2,1-3H3/t11-/m0/s1. The number of hydrogen-bond donors (Lipinski definition) is 0. The van der Waals surface area contributed by atoms with Gasteiger partial charge in [-0.05, 0) is 26.2 Å². The van der Waals surface area contributed by atoms with Crippen LogP contribution >= 0.6 is 11.3 Å². The number of piperidine rings is 1. The number of carbonyl (C=O) groups is 1. The molecule has 0 unspecified atom stereocenters. The van der Waals surface area contributed by atoms with E-state index in [2.05, 4.69) is 22.0 Å². The van der Waals surface area contributed by atoms with Crippen LogP contribution in [0.3, 0.4) is 0 Å². The number of nitrogens with zero attached hydrogens (tertiary/aromatic N) is 4. The van der Waals surface area contributed by atoms with Gasteiger partial charge in [-0.25, -0.2) is 4.98 Å². The lowest BCUT2D eigenvalue weighted by Crippen LogP contribution is -2.39. The molecule has 1 aliphatic rings. The summed E-state index contributed by atoms with van der Waals surface area (Å²) in [4.78, 5) is 24.2. The summed E-state index contributed by atoms with van der Waals surface area (Å²) < 4.78 is 5.06. The zero-order valence-corrected chi connectivity index (χ0v) is 13.9. The number of rotatable bonds is 3. The summed E-state index contributed by atoms with van der Waals surface area (Å²) >= 11 is 1.51. The highest BCUT2D eigenvalue weighted by Crippen LogP contribution is 2.28. The van der Waals surface area contributed by atoms with Crippen molar-refractivity contribution in [3.63, 3.8) is 0 Å². The Morgan fingerprint density at radius 2 is 2.23 bits per heavy atom. The lowest BCUT2D eigenvalue weighted by atomic mass is 9.97. The average Bonchev–Trinajstić information content (AvgIpc) is 3.12. The Hall–Kier alpha value is -1.76. The lowest BCUT2D eigenvalue weighted by molar-refractivity contribution is 0.0707. The summed E-state index contributed by atoms with van der Waals surface area (Å²) in [5.74, 6) is 1.53. The van der Waals surface area contributed by atoms with Crippen molar-refractivity contribution in [2.45, 2.75) is 46.0 Å². The Labute approximate surface area is 133 Å². The van der Waals surface area contributed by atoms with E-state index in [9.17, 15) is 4.79 Å². The highest BCUT2D eigenvalue weighted by molar-refractivity contribution is 7.13. The maximum absolute atomic E-state index is 12.8. The third-order valence-corrected chi connectivity index (χ3v) is 5.24. The van der Waals surface area contributed by atoms with E-state index in [4.69, 9.17) is 4.52 Å². The largest absolute Gasteiger partial charge is 0.340 e. The fraction of sp³-hybridized carbons (Fsp3) is 0.600. The molecule has 1 fully saturated rings. The molecule has 0 saturated carbocycles. The quantitative estimate of drug-likeness (QED) is 0.869. The van der Waals surface area contributed by atoms with Gasteiger partial charge in [0.25, 0.3) is 5.91 Å². The first-order valence-electron chi connectivity index (χ1n) is 7.64. The van der Waals surface area contributed by atoms with E-state index in [0.29, 0.717) is 18.3 Å². The fourth-order valence-corrected chi connectivity index (χ4v) is 3.77. The summed E-state index contributed by atoms with van der Waals surface area (Å²) in [6.07, 6.45) is 2.82. The topological polar surface area (TPSA) is 72.1 Å². The molecular weight excluding hydrogens is 300 g/mol. The number of amides is 1. The maximum atomic E-state index is 12.8. The second kappa shape index (κ2) is 6.16. The molecule has 0 radical (unpaired) electrons. The van der Waals surface area contributed by atoms with Crippen molar-refractivity contribution in [1.29, 1.82) is 0 Å². The molecular formula is C15H20N4O2S. The fourth-order valence-electron chi connectivity index (χ4n) is 2.80. The Bertz CT molecular complexity index is 679. The number of carbonyl (C=O) groups excluding carboxylic acids is 1. The first-order chi connectivity index (χ1) is 10.6. The van der Waals surface area contributed by atoms with Gasteiger partial charge in [-0.15, -0.1) is 11.3 Å². The number of thiazole rings is 1. The van der Waals surface area contributed by atoms with Crippen LogP contribution in [0.4, 0.5) is 0 Å². The molecule has 1 atom stereocenters. The minimum Gasteiger partial charge on any atom is -0.340 e. The van der Waals surface area contributed by atoms with Crippen molar-refractivity contribution >= 4 is 17.2 Å². The third-order valence-electron chi connectivity index (χ3n) is 3.95.